The molecule has 0 atom stereocenters. The third-order valence-electron chi connectivity index (χ3n) is 6.88. The fraction of sp³-hybridized carbons (Fsp3) is 0.276. The molecule has 5 aromatic rings. The topological polar surface area (TPSA) is 94.3 Å². The van der Waals surface area contributed by atoms with Gasteiger partial charge in [-0.25, -0.2) is 4.79 Å². The van der Waals surface area contributed by atoms with E-state index < -0.39 is 0 Å². The molecule has 0 radical (unpaired) electrons. The molecule has 0 amide bonds. The number of hydrogen-bond acceptors (Lipinski definition) is 5. The molecule has 0 spiro atoms. The molecule has 0 aliphatic heterocycles. The molecule has 37 heavy (non-hydrogen) atoms. The molecule has 0 saturated carbocycles. The average molecular weight is 494 g/mol. The van der Waals surface area contributed by atoms with Crippen molar-refractivity contribution in [2.45, 2.75) is 52.6 Å². The Hall–Kier alpha value is -4.33. The Balaban J connectivity index is 1.47. The van der Waals surface area contributed by atoms with Crippen molar-refractivity contribution in [3.05, 3.63) is 106 Å². The zero-order valence-electron chi connectivity index (χ0n) is 21.3. The van der Waals surface area contributed by atoms with Crippen LogP contribution in [0, 0.1) is 6.92 Å². The number of hydrogen-bond donors (Lipinski definition) is 1. The molecule has 0 aliphatic rings. The highest BCUT2D eigenvalue weighted by Gasteiger charge is 2.18. The standard InChI is InChI=1S/C29H31N7O/c1-3-4-10-27-21(2)35(18-16-22-8-6-5-7-9-22)29(37)36(27)20-25-19-30-17-15-26(25)23-11-13-24(14-12-23)28-31-33-34-32-28/h5-9,11-15,17,19H,3-4,10,16,18,20H2,1-2H3,(H,31,32,33,34). The lowest BCUT2D eigenvalue weighted by atomic mass is 10.00. The SMILES string of the molecule is CCCCc1c(C)n(CCc2ccccc2)c(=O)n1Cc1cnccc1-c1ccc(-c2nn[nH]n2)cc1. The van der Waals surface area contributed by atoms with Gasteiger partial charge in [0.05, 0.1) is 6.54 Å². The summed E-state index contributed by atoms with van der Waals surface area (Å²) >= 11 is 0. The van der Waals surface area contributed by atoms with Gasteiger partial charge >= 0.3 is 5.69 Å². The van der Waals surface area contributed by atoms with Gasteiger partial charge in [-0.1, -0.05) is 67.9 Å². The summed E-state index contributed by atoms with van der Waals surface area (Å²) in [6.07, 6.45) is 7.49. The Morgan fingerprint density at radius 2 is 1.70 bits per heavy atom. The van der Waals surface area contributed by atoms with Crippen LogP contribution in [0.15, 0.2) is 77.9 Å². The van der Waals surface area contributed by atoms with E-state index in [1.54, 1.807) is 6.20 Å². The normalized spacial score (nSPS) is 11.2. The van der Waals surface area contributed by atoms with Gasteiger partial charge in [-0.2, -0.15) is 5.21 Å². The van der Waals surface area contributed by atoms with Crippen LogP contribution < -0.4 is 5.69 Å². The van der Waals surface area contributed by atoms with E-state index >= 15 is 0 Å². The van der Waals surface area contributed by atoms with Gasteiger partial charge < -0.3 is 0 Å². The molecule has 0 aliphatic carbocycles. The van der Waals surface area contributed by atoms with Crippen LogP contribution in [0.25, 0.3) is 22.5 Å². The van der Waals surface area contributed by atoms with Crippen LogP contribution in [-0.4, -0.2) is 34.7 Å². The summed E-state index contributed by atoms with van der Waals surface area (Å²) < 4.78 is 3.89. The van der Waals surface area contributed by atoms with Crippen molar-refractivity contribution >= 4 is 0 Å². The summed E-state index contributed by atoms with van der Waals surface area (Å²) in [5.74, 6) is 0.556. The van der Waals surface area contributed by atoms with E-state index in [0.29, 0.717) is 18.9 Å². The van der Waals surface area contributed by atoms with Gasteiger partial charge in [0.1, 0.15) is 0 Å². The third kappa shape index (κ3) is 5.28. The van der Waals surface area contributed by atoms with E-state index in [-0.39, 0.29) is 5.69 Å². The fourth-order valence-corrected chi connectivity index (χ4v) is 4.82. The molecule has 2 aromatic carbocycles. The first kappa shape index (κ1) is 24.4. The molecule has 0 bridgehead atoms. The first-order valence-electron chi connectivity index (χ1n) is 12.8. The highest BCUT2D eigenvalue weighted by molar-refractivity contribution is 5.69. The van der Waals surface area contributed by atoms with Gasteiger partial charge in [0.25, 0.3) is 0 Å². The first-order chi connectivity index (χ1) is 18.2. The van der Waals surface area contributed by atoms with Crippen LogP contribution in [0.5, 0.6) is 0 Å². The monoisotopic (exact) mass is 493 g/mol. The van der Waals surface area contributed by atoms with Crippen LogP contribution in [0.1, 0.15) is 42.3 Å². The molecule has 3 aromatic heterocycles. The minimum Gasteiger partial charge on any atom is -0.296 e. The summed E-state index contributed by atoms with van der Waals surface area (Å²) in [6.45, 7) is 5.40. The van der Waals surface area contributed by atoms with Crippen LogP contribution in [0.4, 0.5) is 0 Å². The quantitative estimate of drug-likeness (QED) is 0.301. The highest BCUT2D eigenvalue weighted by atomic mass is 16.1. The predicted molar refractivity (Wildman–Crippen MR) is 144 cm³/mol. The number of nitrogens with zero attached hydrogens (tertiary/aromatic N) is 6. The predicted octanol–water partition coefficient (Wildman–Crippen LogP) is 4.83. The van der Waals surface area contributed by atoms with Crippen molar-refractivity contribution in [1.29, 1.82) is 0 Å². The Morgan fingerprint density at radius 1 is 0.919 bits per heavy atom. The first-order valence-corrected chi connectivity index (χ1v) is 12.8. The van der Waals surface area contributed by atoms with Gasteiger partial charge in [0.15, 0.2) is 0 Å². The van der Waals surface area contributed by atoms with Crippen molar-refractivity contribution in [3.8, 4) is 22.5 Å². The summed E-state index contributed by atoms with van der Waals surface area (Å²) in [5.41, 5.74) is 7.45. The molecule has 3 heterocycles. The van der Waals surface area contributed by atoms with Gasteiger partial charge in [-0.05, 0) is 59.7 Å². The van der Waals surface area contributed by atoms with E-state index in [4.69, 9.17) is 0 Å². The summed E-state index contributed by atoms with van der Waals surface area (Å²) in [4.78, 5) is 18.1. The number of aromatic nitrogens is 7. The van der Waals surface area contributed by atoms with E-state index in [0.717, 1.165) is 59.3 Å². The number of imidazole rings is 1. The van der Waals surface area contributed by atoms with Crippen LogP contribution in [-0.2, 0) is 25.9 Å². The number of pyridine rings is 1. The molecule has 0 unspecified atom stereocenters. The maximum atomic E-state index is 13.7. The van der Waals surface area contributed by atoms with E-state index in [2.05, 4.69) is 51.6 Å². The summed E-state index contributed by atoms with van der Waals surface area (Å²) in [5, 5.41) is 14.2. The molecule has 0 saturated heterocycles. The minimum atomic E-state index is 0.0433. The smallest absolute Gasteiger partial charge is 0.296 e. The van der Waals surface area contributed by atoms with E-state index in [1.807, 2.05) is 63.9 Å². The number of nitrogens with one attached hydrogen (secondary N) is 1. The van der Waals surface area contributed by atoms with Crippen LogP contribution >= 0.6 is 0 Å². The van der Waals surface area contributed by atoms with Crippen LogP contribution in [0.2, 0.25) is 0 Å². The molecule has 5 rings (SSSR count). The number of aryl methyl sites for hydroxylation is 1. The molecule has 1 N–H and O–H groups in total. The molecule has 8 heteroatoms. The maximum absolute atomic E-state index is 13.7. The summed E-state index contributed by atoms with van der Waals surface area (Å²) in [7, 11) is 0. The lowest BCUT2D eigenvalue weighted by molar-refractivity contribution is 0.620. The molecule has 188 valence electrons. The highest BCUT2D eigenvalue weighted by Crippen LogP contribution is 2.26. The van der Waals surface area contributed by atoms with Crippen molar-refractivity contribution in [2.24, 2.45) is 0 Å². The Bertz CT molecular complexity index is 1500. The van der Waals surface area contributed by atoms with Gasteiger partial charge in [0.2, 0.25) is 5.82 Å². The number of aromatic amines is 1. The van der Waals surface area contributed by atoms with Crippen molar-refractivity contribution in [3.63, 3.8) is 0 Å². The van der Waals surface area contributed by atoms with Crippen LogP contribution in [0.3, 0.4) is 0 Å². The molecular weight excluding hydrogens is 462 g/mol. The van der Waals surface area contributed by atoms with Gasteiger partial charge in [-0.15, -0.1) is 10.2 Å². The second kappa shape index (κ2) is 11.2. The Kier molecular flexibility index (Phi) is 7.35. The van der Waals surface area contributed by atoms with Crippen molar-refractivity contribution in [2.75, 3.05) is 0 Å². The number of rotatable bonds is 10. The number of benzene rings is 2. The number of tetrazole rings is 1. The second-order valence-electron chi connectivity index (χ2n) is 9.24. The summed E-state index contributed by atoms with van der Waals surface area (Å²) in [6, 6.07) is 20.4. The third-order valence-corrected chi connectivity index (χ3v) is 6.88. The lowest BCUT2D eigenvalue weighted by Gasteiger charge is -2.12. The largest absolute Gasteiger partial charge is 0.328 e. The van der Waals surface area contributed by atoms with Gasteiger partial charge in [-0.3, -0.25) is 14.1 Å². The van der Waals surface area contributed by atoms with E-state index in [1.165, 1.54) is 5.56 Å². The van der Waals surface area contributed by atoms with Crippen molar-refractivity contribution in [1.82, 2.24) is 34.7 Å². The minimum absolute atomic E-state index is 0.0433. The maximum Gasteiger partial charge on any atom is 0.328 e. The Morgan fingerprint density at radius 3 is 2.43 bits per heavy atom. The molecule has 8 nitrogen and oxygen atoms in total. The fourth-order valence-electron chi connectivity index (χ4n) is 4.82. The molecule has 0 fully saturated rings. The second-order valence-corrected chi connectivity index (χ2v) is 9.24. The average Bonchev–Trinajstić information content (AvgIpc) is 3.55. The lowest BCUT2D eigenvalue weighted by Crippen LogP contribution is -2.26. The number of H-pyrrole nitrogens is 1. The van der Waals surface area contributed by atoms with Crippen molar-refractivity contribution < 1.29 is 0 Å². The van der Waals surface area contributed by atoms with E-state index in [9.17, 15) is 4.79 Å². The number of unbranched alkanes of at least 4 members (excludes halogenated alkanes) is 1. The Labute approximate surface area is 216 Å². The van der Waals surface area contributed by atoms with Gasteiger partial charge in [0, 0.05) is 35.9 Å². The molecular formula is C29H31N7O. The zero-order chi connectivity index (χ0) is 25.6. The zero-order valence-corrected chi connectivity index (χ0v) is 21.3.